The van der Waals surface area contributed by atoms with E-state index in [2.05, 4.69) is 5.32 Å². The van der Waals surface area contributed by atoms with Gasteiger partial charge >= 0.3 is 0 Å². The molecule has 0 saturated carbocycles. The molecule has 2 aromatic carbocycles. The van der Waals surface area contributed by atoms with E-state index in [0.29, 0.717) is 28.1 Å². The van der Waals surface area contributed by atoms with E-state index < -0.39 is 29.8 Å². The largest absolute Gasteiger partial charge is 0.352 e. The first-order valence-electron chi connectivity index (χ1n) is 10.6. The molecule has 2 unspecified atom stereocenters. The van der Waals surface area contributed by atoms with Crippen LogP contribution in [-0.4, -0.2) is 52.6 Å². The molecule has 1 saturated heterocycles. The van der Waals surface area contributed by atoms with Gasteiger partial charge in [0.2, 0.25) is 11.8 Å². The highest BCUT2D eigenvalue weighted by atomic mass is 35.5. The van der Waals surface area contributed by atoms with Crippen LogP contribution in [0.3, 0.4) is 0 Å². The number of imide groups is 1. The Morgan fingerprint density at radius 1 is 1.06 bits per heavy atom. The van der Waals surface area contributed by atoms with E-state index in [9.17, 15) is 19.2 Å². The van der Waals surface area contributed by atoms with Crippen LogP contribution in [0.5, 0.6) is 0 Å². The summed E-state index contributed by atoms with van der Waals surface area (Å²) in [7, 11) is 0. The van der Waals surface area contributed by atoms with Crippen LogP contribution >= 0.6 is 11.6 Å². The SMILES string of the molecule is CC(C)CC(C(=O)N1CCNC(=O)C1c1cccc(Cl)c1)N1C(=O)c2ccccc2C1=O. The molecule has 2 aliphatic heterocycles. The van der Waals surface area contributed by atoms with Gasteiger partial charge in [-0.2, -0.15) is 0 Å². The predicted octanol–water partition coefficient (Wildman–Crippen LogP) is 3.05. The van der Waals surface area contributed by atoms with Crippen molar-refractivity contribution in [2.24, 2.45) is 5.92 Å². The molecule has 0 aromatic heterocycles. The number of rotatable bonds is 5. The summed E-state index contributed by atoms with van der Waals surface area (Å²) in [6, 6.07) is 11.5. The molecule has 1 N–H and O–H groups in total. The maximum Gasteiger partial charge on any atom is 0.262 e. The number of benzene rings is 2. The minimum Gasteiger partial charge on any atom is -0.352 e. The van der Waals surface area contributed by atoms with E-state index in [1.165, 1.54) is 4.90 Å². The molecule has 2 aromatic rings. The molecule has 8 heteroatoms. The number of halogens is 1. The molecule has 1 fully saturated rings. The first-order valence-corrected chi connectivity index (χ1v) is 11.0. The topological polar surface area (TPSA) is 86.8 Å². The van der Waals surface area contributed by atoms with Crippen LogP contribution in [0.25, 0.3) is 0 Å². The smallest absolute Gasteiger partial charge is 0.262 e. The Hall–Kier alpha value is -3.19. The lowest BCUT2D eigenvalue weighted by Gasteiger charge is -2.39. The summed E-state index contributed by atoms with van der Waals surface area (Å²) in [5.74, 6) is -1.67. The Bertz CT molecular complexity index is 1070. The Kier molecular flexibility index (Phi) is 6.02. The monoisotopic (exact) mass is 453 g/mol. The van der Waals surface area contributed by atoms with Crippen molar-refractivity contribution >= 4 is 35.2 Å². The van der Waals surface area contributed by atoms with E-state index in [4.69, 9.17) is 11.6 Å². The Morgan fingerprint density at radius 2 is 1.72 bits per heavy atom. The van der Waals surface area contributed by atoms with E-state index in [-0.39, 0.29) is 24.9 Å². The highest BCUT2D eigenvalue weighted by Gasteiger charge is 2.46. The average Bonchev–Trinajstić information content (AvgIpc) is 3.01. The lowest BCUT2D eigenvalue weighted by Crippen LogP contribution is -2.58. The molecule has 2 aliphatic rings. The van der Waals surface area contributed by atoms with Gasteiger partial charge in [-0.3, -0.25) is 24.1 Å². The van der Waals surface area contributed by atoms with Crippen molar-refractivity contribution in [3.63, 3.8) is 0 Å². The van der Waals surface area contributed by atoms with Gasteiger partial charge in [0.25, 0.3) is 11.8 Å². The first kappa shape index (κ1) is 22.0. The zero-order valence-corrected chi connectivity index (χ0v) is 18.6. The van der Waals surface area contributed by atoms with Crippen LogP contribution in [0, 0.1) is 5.92 Å². The summed E-state index contributed by atoms with van der Waals surface area (Å²) >= 11 is 6.13. The average molecular weight is 454 g/mol. The zero-order chi connectivity index (χ0) is 23.0. The number of hydrogen-bond donors (Lipinski definition) is 1. The molecule has 0 aliphatic carbocycles. The molecule has 2 atom stereocenters. The molecule has 32 heavy (non-hydrogen) atoms. The second-order valence-electron chi connectivity index (χ2n) is 8.45. The third-order valence-corrected chi connectivity index (χ3v) is 6.01. The highest BCUT2D eigenvalue weighted by Crippen LogP contribution is 2.31. The lowest BCUT2D eigenvalue weighted by atomic mass is 9.97. The first-order chi connectivity index (χ1) is 15.3. The van der Waals surface area contributed by atoms with E-state index in [1.54, 1.807) is 48.5 Å². The molecule has 0 bridgehead atoms. The number of piperazine rings is 1. The quantitative estimate of drug-likeness (QED) is 0.705. The summed E-state index contributed by atoms with van der Waals surface area (Å²) in [5, 5.41) is 3.24. The number of hydrogen-bond acceptors (Lipinski definition) is 4. The summed E-state index contributed by atoms with van der Waals surface area (Å²) in [6.07, 6.45) is 0.296. The molecule has 0 spiro atoms. The van der Waals surface area contributed by atoms with E-state index in [0.717, 1.165) is 4.90 Å². The zero-order valence-electron chi connectivity index (χ0n) is 17.9. The second kappa shape index (κ2) is 8.74. The van der Waals surface area contributed by atoms with Crippen LogP contribution in [0.4, 0.5) is 0 Å². The standard InChI is InChI=1S/C24H24ClN3O4/c1-14(2)12-19(28-22(30)17-8-3-4-9-18(17)23(28)31)24(32)27-11-10-26-21(29)20(27)15-6-5-7-16(25)13-15/h3-9,13-14,19-20H,10-12H2,1-2H3,(H,26,29). The fourth-order valence-electron chi connectivity index (χ4n) is 4.36. The number of carbonyl (C=O) groups excluding carboxylic acids is 4. The van der Waals surface area contributed by atoms with Crippen LogP contribution in [0.2, 0.25) is 5.02 Å². The van der Waals surface area contributed by atoms with Crippen molar-refractivity contribution in [3.05, 3.63) is 70.2 Å². The van der Waals surface area contributed by atoms with Crippen LogP contribution in [-0.2, 0) is 9.59 Å². The molecule has 4 rings (SSSR count). The molecule has 0 radical (unpaired) electrons. The summed E-state index contributed by atoms with van der Waals surface area (Å²) in [4.78, 5) is 55.4. The van der Waals surface area contributed by atoms with Gasteiger partial charge in [0.15, 0.2) is 0 Å². The number of nitrogens with zero attached hydrogens (tertiary/aromatic N) is 2. The Morgan fingerprint density at radius 3 is 2.31 bits per heavy atom. The third-order valence-electron chi connectivity index (χ3n) is 5.78. The fourth-order valence-corrected chi connectivity index (χ4v) is 4.56. The third kappa shape index (κ3) is 3.88. The van der Waals surface area contributed by atoms with Gasteiger partial charge < -0.3 is 10.2 Å². The van der Waals surface area contributed by atoms with E-state index >= 15 is 0 Å². The van der Waals surface area contributed by atoms with Gasteiger partial charge in [-0.15, -0.1) is 0 Å². The number of nitrogens with one attached hydrogen (secondary N) is 1. The number of carbonyl (C=O) groups is 4. The van der Waals surface area contributed by atoms with Crippen LogP contribution in [0.15, 0.2) is 48.5 Å². The van der Waals surface area contributed by atoms with Gasteiger partial charge in [-0.1, -0.05) is 49.7 Å². The molecular formula is C24H24ClN3O4. The lowest BCUT2D eigenvalue weighted by molar-refractivity contribution is -0.146. The number of fused-ring (bicyclic) bond motifs is 1. The highest BCUT2D eigenvalue weighted by molar-refractivity contribution is 6.30. The minimum absolute atomic E-state index is 0.0384. The molecule has 2 heterocycles. The Labute approximate surface area is 191 Å². The normalized spacial score (nSPS) is 19.2. The van der Waals surface area contributed by atoms with Crippen molar-refractivity contribution in [2.75, 3.05) is 13.1 Å². The van der Waals surface area contributed by atoms with Crippen molar-refractivity contribution in [2.45, 2.75) is 32.4 Å². The van der Waals surface area contributed by atoms with Gasteiger partial charge in [0.1, 0.15) is 12.1 Å². The summed E-state index contributed by atoms with van der Waals surface area (Å²) in [5.41, 5.74) is 1.16. The fraction of sp³-hybridized carbons (Fsp3) is 0.333. The second-order valence-corrected chi connectivity index (χ2v) is 8.89. The van der Waals surface area contributed by atoms with Crippen molar-refractivity contribution < 1.29 is 19.2 Å². The van der Waals surface area contributed by atoms with Crippen LogP contribution < -0.4 is 5.32 Å². The van der Waals surface area contributed by atoms with Gasteiger partial charge in [0.05, 0.1) is 11.1 Å². The maximum atomic E-state index is 13.8. The van der Waals surface area contributed by atoms with Crippen molar-refractivity contribution in [1.82, 2.24) is 15.1 Å². The predicted molar refractivity (Wildman–Crippen MR) is 119 cm³/mol. The van der Waals surface area contributed by atoms with Gasteiger partial charge in [-0.25, -0.2) is 0 Å². The van der Waals surface area contributed by atoms with Gasteiger partial charge in [-0.05, 0) is 42.2 Å². The van der Waals surface area contributed by atoms with E-state index in [1.807, 2.05) is 13.8 Å². The maximum absolute atomic E-state index is 13.8. The summed E-state index contributed by atoms with van der Waals surface area (Å²) < 4.78 is 0. The molecule has 166 valence electrons. The Balaban J connectivity index is 1.72. The number of amides is 4. The van der Waals surface area contributed by atoms with Crippen molar-refractivity contribution in [1.29, 1.82) is 0 Å². The molecule has 4 amide bonds. The van der Waals surface area contributed by atoms with Crippen LogP contribution in [0.1, 0.15) is 52.6 Å². The van der Waals surface area contributed by atoms with Crippen molar-refractivity contribution in [3.8, 4) is 0 Å². The molecular weight excluding hydrogens is 430 g/mol. The molecule has 7 nitrogen and oxygen atoms in total. The summed E-state index contributed by atoms with van der Waals surface area (Å²) in [6.45, 7) is 4.41. The minimum atomic E-state index is -1.00. The van der Waals surface area contributed by atoms with Gasteiger partial charge in [0, 0.05) is 18.1 Å².